The Morgan fingerprint density at radius 3 is 2.64 bits per heavy atom. The molecule has 3 rings (SSSR count). The molecule has 2 heterocycles. The molecule has 0 spiro atoms. The summed E-state index contributed by atoms with van der Waals surface area (Å²) in [6.07, 6.45) is 6.04. The third kappa shape index (κ3) is 5.17. The zero-order valence-electron chi connectivity index (χ0n) is 15.9. The van der Waals surface area contributed by atoms with E-state index < -0.39 is 10.0 Å². The van der Waals surface area contributed by atoms with Crippen LogP contribution in [0.25, 0.3) is 5.57 Å². The van der Waals surface area contributed by atoms with Gasteiger partial charge < -0.3 is 10.2 Å². The molecule has 2 N–H and O–H groups in total. The van der Waals surface area contributed by atoms with E-state index in [1.54, 1.807) is 19.3 Å². The maximum atomic E-state index is 12.2. The lowest BCUT2D eigenvalue weighted by atomic mass is 10.00. The Kier molecular flexibility index (Phi) is 6.78. The van der Waals surface area contributed by atoms with E-state index in [4.69, 9.17) is 0 Å². The van der Waals surface area contributed by atoms with Crippen molar-refractivity contribution in [3.8, 4) is 0 Å². The van der Waals surface area contributed by atoms with Crippen molar-refractivity contribution >= 4 is 21.6 Å². The molecule has 0 saturated carbocycles. The van der Waals surface area contributed by atoms with Crippen LogP contribution in [0, 0.1) is 0 Å². The van der Waals surface area contributed by atoms with E-state index >= 15 is 0 Å². The first-order valence-electron chi connectivity index (χ1n) is 9.20. The van der Waals surface area contributed by atoms with Crippen molar-refractivity contribution < 1.29 is 8.42 Å². The number of aromatic nitrogens is 1. The SMILES string of the molecule is CN=C(NCCNS(=O)(=O)c1cccnc1)N1CC=C(c2ccccc2)CC1. The summed E-state index contributed by atoms with van der Waals surface area (Å²) < 4.78 is 27.0. The first-order chi connectivity index (χ1) is 13.6. The van der Waals surface area contributed by atoms with Crippen molar-refractivity contribution in [2.45, 2.75) is 11.3 Å². The number of aliphatic imine (C=N–C) groups is 1. The Morgan fingerprint density at radius 2 is 2.00 bits per heavy atom. The van der Waals surface area contributed by atoms with Gasteiger partial charge in [0.1, 0.15) is 4.90 Å². The molecule has 148 valence electrons. The lowest BCUT2D eigenvalue weighted by Gasteiger charge is -2.29. The monoisotopic (exact) mass is 399 g/mol. The summed E-state index contributed by atoms with van der Waals surface area (Å²) in [5.41, 5.74) is 2.60. The smallest absolute Gasteiger partial charge is 0.242 e. The van der Waals surface area contributed by atoms with Crippen LogP contribution in [0.5, 0.6) is 0 Å². The van der Waals surface area contributed by atoms with Crippen LogP contribution in [-0.4, -0.2) is 57.5 Å². The van der Waals surface area contributed by atoms with Gasteiger partial charge in [0, 0.05) is 45.6 Å². The predicted octanol–water partition coefficient (Wildman–Crippen LogP) is 1.72. The number of nitrogens with one attached hydrogen (secondary N) is 2. The highest BCUT2D eigenvalue weighted by Crippen LogP contribution is 2.21. The fourth-order valence-corrected chi connectivity index (χ4v) is 4.05. The number of hydrogen-bond donors (Lipinski definition) is 2. The minimum Gasteiger partial charge on any atom is -0.355 e. The largest absolute Gasteiger partial charge is 0.355 e. The average Bonchev–Trinajstić information content (AvgIpc) is 2.75. The normalized spacial score (nSPS) is 15.2. The van der Waals surface area contributed by atoms with Gasteiger partial charge >= 0.3 is 0 Å². The Morgan fingerprint density at radius 1 is 1.18 bits per heavy atom. The molecular weight excluding hydrogens is 374 g/mol. The quantitative estimate of drug-likeness (QED) is 0.439. The van der Waals surface area contributed by atoms with Gasteiger partial charge in [-0.3, -0.25) is 9.98 Å². The number of hydrogen-bond acceptors (Lipinski definition) is 4. The van der Waals surface area contributed by atoms with Crippen LogP contribution < -0.4 is 10.0 Å². The molecule has 1 aromatic carbocycles. The van der Waals surface area contributed by atoms with Gasteiger partial charge in [0.25, 0.3) is 0 Å². The minimum absolute atomic E-state index is 0.161. The van der Waals surface area contributed by atoms with E-state index in [1.165, 1.54) is 23.4 Å². The second-order valence-corrected chi connectivity index (χ2v) is 8.12. The highest BCUT2D eigenvalue weighted by atomic mass is 32.2. The molecule has 7 nitrogen and oxygen atoms in total. The Hall–Kier alpha value is -2.71. The van der Waals surface area contributed by atoms with Crippen molar-refractivity contribution in [2.75, 3.05) is 33.2 Å². The van der Waals surface area contributed by atoms with E-state index in [9.17, 15) is 8.42 Å². The third-order valence-electron chi connectivity index (χ3n) is 4.51. The molecule has 0 unspecified atom stereocenters. The second kappa shape index (κ2) is 9.48. The molecule has 8 heteroatoms. The molecule has 0 saturated heterocycles. The summed E-state index contributed by atoms with van der Waals surface area (Å²) >= 11 is 0. The summed E-state index contributed by atoms with van der Waals surface area (Å²) in [5, 5.41) is 3.22. The minimum atomic E-state index is -3.54. The zero-order valence-corrected chi connectivity index (χ0v) is 16.7. The fourth-order valence-electron chi connectivity index (χ4n) is 3.06. The highest BCUT2D eigenvalue weighted by Gasteiger charge is 2.17. The molecule has 0 fully saturated rings. The van der Waals surface area contributed by atoms with E-state index in [0.717, 1.165) is 25.5 Å². The second-order valence-electron chi connectivity index (χ2n) is 6.35. The van der Waals surface area contributed by atoms with Gasteiger partial charge in [0.15, 0.2) is 5.96 Å². The fraction of sp³-hybridized carbons (Fsp3) is 0.300. The van der Waals surface area contributed by atoms with E-state index in [2.05, 4.69) is 55.3 Å². The van der Waals surface area contributed by atoms with Gasteiger partial charge in [0.05, 0.1) is 0 Å². The summed E-state index contributed by atoms with van der Waals surface area (Å²) in [5.74, 6) is 0.768. The number of guanidine groups is 1. The Bertz CT molecular complexity index is 928. The van der Waals surface area contributed by atoms with Crippen LogP contribution in [0.1, 0.15) is 12.0 Å². The molecule has 0 bridgehead atoms. The van der Waals surface area contributed by atoms with Gasteiger partial charge in [0.2, 0.25) is 10.0 Å². The predicted molar refractivity (Wildman–Crippen MR) is 111 cm³/mol. The Labute approximate surface area is 166 Å². The molecular formula is C20H25N5O2S. The maximum absolute atomic E-state index is 12.2. The molecule has 0 atom stereocenters. The van der Waals surface area contributed by atoms with Gasteiger partial charge in [-0.15, -0.1) is 0 Å². The van der Waals surface area contributed by atoms with Crippen molar-refractivity contribution in [1.82, 2.24) is 19.9 Å². The topological polar surface area (TPSA) is 86.7 Å². The average molecular weight is 400 g/mol. The lowest BCUT2D eigenvalue weighted by Crippen LogP contribution is -2.45. The molecule has 1 aromatic heterocycles. The molecule has 0 aliphatic carbocycles. The van der Waals surface area contributed by atoms with Crippen LogP contribution in [0.4, 0.5) is 0 Å². The van der Waals surface area contributed by atoms with Crippen LogP contribution in [-0.2, 0) is 10.0 Å². The maximum Gasteiger partial charge on any atom is 0.242 e. The van der Waals surface area contributed by atoms with E-state index in [1.807, 2.05) is 6.07 Å². The van der Waals surface area contributed by atoms with Crippen LogP contribution in [0.15, 0.2) is 70.8 Å². The van der Waals surface area contributed by atoms with E-state index in [-0.39, 0.29) is 11.4 Å². The van der Waals surface area contributed by atoms with Crippen LogP contribution in [0.3, 0.4) is 0 Å². The van der Waals surface area contributed by atoms with Crippen LogP contribution >= 0.6 is 0 Å². The number of sulfonamides is 1. The zero-order chi connectivity index (χ0) is 19.8. The van der Waals surface area contributed by atoms with Crippen molar-refractivity contribution in [1.29, 1.82) is 0 Å². The van der Waals surface area contributed by atoms with Gasteiger partial charge in [-0.05, 0) is 29.7 Å². The third-order valence-corrected chi connectivity index (χ3v) is 5.96. The number of rotatable bonds is 6. The van der Waals surface area contributed by atoms with E-state index in [0.29, 0.717) is 6.54 Å². The molecule has 1 aliphatic heterocycles. The standard InChI is InChI=1S/C20H25N5O2S/c1-21-20(23-12-13-24-28(26,27)19-8-5-11-22-16-19)25-14-9-18(10-15-25)17-6-3-2-4-7-17/h2-9,11,16,24H,10,12-15H2,1H3,(H,21,23). The molecule has 0 radical (unpaired) electrons. The molecule has 2 aromatic rings. The summed E-state index contributed by atoms with van der Waals surface area (Å²) in [6, 6.07) is 13.5. The van der Waals surface area contributed by atoms with Crippen LogP contribution in [0.2, 0.25) is 0 Å². The highest BCUT2D eigenvalue weighted by molar-refractivity contribution is 7.89. The summed E-state index contributed by atoms with van der Waals surface area (Å²) in [4.78, 5) is 10.5. The molecule has 1 aliphatic rings. The summed E-state index contributed by atoms with van der Waals surface area (Å²) in [6.45, 7) is 2.33. The number of pyridine rings is 1. The first-order valence-corrected chi connectivity index (χ1v) is 10.7. The summed E-state index contributed by atoms with van der Waals surface area (Å²) in [7, 11) is -1.81. The number of benzene rings is 1. The number of nitrogens with zero attached hydrogens (tertiary/aromatic N) is 3. The molecule has 28 heavy (non-hydrogen) atoms. The van der Waals surface area contributed by atoms with Crippen molar-refractivity contribution in [3.63, 3.8) is 0 Å². The lowest BCUT2D eigenvalue weighted by molar-refractivity contribution is 0.440. The van der Waals surface area contributed by atoms with Crippen molar-refractivity contribution in [3.05, 3.63) is 66.5 Å². The van der Waals surface area contributed by atoms with Gasteiger partial charge in [-0.2, -0.15) is 0 Å². The van der Waals surface area contributed by atoms with Crippen molar-refractivity contribution in [2.24, 2.45) is 4.99 Å². The molecule has 0 amide bonds. The first kappa shape index (κ1) is 20.0. The van der Waals surface area contributed by atoms with Gasteiger partial charge in [-0.1, -0.05) is 36.4 Å². The van der Waals surface area contributed by atoms with Gasteiger partial charge in [-0.25, -0.2) is 13.1 Å². The Balaban J connectivity index is 1.49.